The van der Waals surface area contributed by atoms with Gasteiger partial charge in [-0.05, 0) is 25.0 Å². The fourth-order valence-corrected chi connectivity index (χ4v) is 1.38. The number of hydrogen-bond acceptors (Lipinski definition) is 2. The number of carbonyl (C=O) groups excluding carboxylic acids is 1. The first kappa shape index (κ1) is 11.7. The molecule has 1 rings (SSSR count). The van der Waals surface area contributed by atoms with Crippen LogP contribution in [0.3, 0.4) is 0 Å². The first-order valence-corrected chi connectivity index (χ1v) is 5.27. The van der Waals surface area contributed by atoms with Gasteiger partial charge in [-0.1, -0.05) is 31.5 Å². The van der Waals surface area contributed by atoms with Gasteiger partial charge in [0.25, 0.3) is 0 Å². The smallest absolute Gasteiger partial charge is 0.241 e. The molecule has 0 saturated carbocycles. The summed E-state index contributed by atoms with van der Waals surface area (Å²) < 4.78 is 0. The molecule has 3 nitrogen and oxygen atoms in total. The zero-order valence-corrected chi connectivity index (χ0v) is 9.29. The average Bonchev–Trinajstić information content (AvgIpc) is 2.21. The Morgan fingerprint density at radius 1 is 1.47 bits per heavy atom. The second kappa shape index (κ2) is 5.51. The molecule has 0 fully saturated rings. The topological polar surface area (TPSA) is 55.1 Å². The zero-order valence-electron chi connectivity index (χ0n) is 9.29. The van der Waals surface area contributed by atoms with Crippen molar-refractivity contribution in [3.05, 3.63) is 29.8 Å². The summed E-state index contributed by atoms with van der Waals surface area (Å²) in [6.45, 7) is 3.97. The summed E-state index contributed by atoms with van der Waals surface area (Å²) >= 11 is 0. The van der Waals surface area contributed by atoms with Crippen molar-refractivity contribution in [2.75, 3.05) is 5.32 Å². The maximum atomic E-state index is 11.6. The van der Waals surface area contributed by atoms with E-state index < -0.39 is 6.04 Å². The van der Waals surface area contributed by atoms with Crippen LogP contribution in [0.15, 0.2) is 24.3 Å². The van der Waals surface area contributed by atoms with Crippen molar-refractivity contribution < 1.29 is 4.79 Å². The molecule has 0 aliphatic carbocycles. The number of rotatable bonds is 4. The van der Waals surface area contributed by atoms with Crippen LogP contribution in [0.4, 0.5) is 5.69 Å². The summed E-state index contributed by atoms with van der Waals surface area (Å²) in [5, 5.41) is 2.83. The Kier molecular flexibility index (Phi) is 4.31. The lowest BCUT2D eigenvalue weighted by molar-refractivity contribution is -0.117. The van der Waals surface area contributed by atoms with Gasteiger partial charge in [-0.2, -0.15) is 0 Å². The minimum absolute atomic E-state index is 0.105. The molecule has 1 atom stereocenters. The SMILES string of the molecule is CCC[C@H](N)C(=O)Nc1ccccc1C. The van der Waals surface area contributed by atoms with Crippen molar-refractivity contribution in [2.24, 2.45) is 5.73 Å². The molecule has 0 aliphatic heterocycles. The Morgan fingerprint density at radius 2 is 2.13 bits per heavy atom. The maximum absolute atomic E-state index is 11.6. The first-order valence-electron chi connectivity index (χ1n) is 5.27. The molecule has 82 valence electrons. The number of nitrogens with one attached hydrogen (secondary N) is 1. The van der Waals surface area contributed by atoms with E-state index >= 15 is 0 Å². The van der Waals surface area contributed by atoms with E-state index in [1.54, 1.807) is 0 Å². The molecular formula is C12H18N2O. The van der Waals surface area contributed by atoms with Gasteiger partial charge in [0.05, 0.1) is 6.04 Å². The maximum Gasteiger partial charge on any atom is 0.241 e. The van der Waals surface area contributed by atoms with Crippen molar-refractivity contribution >= 4 is 11.6 Å². The van der Waals surface area contributed by atoms with E-state index in [1.807, 2.05) is 38.1 Å². The molecule has 3 heteroatoms. The monoisotopic (exact) mass is 206 g/mol. The average molecular weight is 206 g/mol. The van der Waals surface area contributed by atoms with Crippen molar-refractivity contribution in [1.29, 1.82) is 0 Å². The van der Waals surface area contributed by atoms with E-state index in [4.69, 9.17) is 5.73 Å². The van der Waals surface area contributed by atoms with Gasteiger partial charge in [-0.15, -0.1) is 0 Å². The highest BCUT2D eigenvalue weighted by atomic mass is 16.2. The van der Waals surface area contributed by atoms with Crippen molar-refractivity contribution in [3.63, 3.8) is 0 Å². The van der Waals surface area contributed by atoms with Crippen LogP contribution in [0, 0.1) is 6.92 Å². The van der Waals surface area contributed by atoms with E-state index in [2.05, 4.69) is 5.32 Å². The minimum atomic E-state index is -0.408. The number of nitrogens with two attached hydrogens (primary N) is 1. The molecule has 0 spiro atoms. The molecule has 15 heavy (non-hydrogen) atoms. The third-order valence-electron chi connectivity index (χ3n) is 2.34. The summed E-state index contributed by atoms with van der Waals surface area (Å²) in [7, 11) is 0. The molecular weight excluding hydrogens is 188 g/mol. The van der Waals surface area contributed by atoms with Gasteiger partial charge in [-0.25, -0.2) is 0 Å². The number of aryl methyl sites for hydroxylation is 1. The van der Waals surface area contributed by atoms with Crippen LogP contribution < -0.4 is 11.1 Å². The van der Waals surface area contributed by atoms with Gasteiger partial charge >= 0.3 is 0 Å². The van der Waals surface area contributed by atoms with Crippen LogP contribution in [0.5, 0.6) is 0 Å². The fraction of sp³-hybridized carbons (Fsp3) is 0.417. The lowest BCUT2D eigenvalue weighted by Gasteiger charge is -2.12. The normalized spacial score (nSPS) is 12.2. The summed E-state index contributed by atoms with van der Waals surface area (Å²) in [6.07, 6.45) is 1.64. The molecule has 0 aromatic heterocycles. The number of hydrogen-bond donors (Lipinski definition) is 2. The Hall–Kier alpha value is -1.35. The van der Waals surface area contributed by atoms with Crippen LogP contribution in [-0.2, 0) is 4.79 Å². The van der Waals surface area contributed by atoms with Gasteiger partial charge in [0.1, 0.15) is 0 Å². The molecule has 1 amide bonds. The van der Waals surface area contributed by atoms with Gasteiger partial charge in [0.2, 0.25) is 5.91 Å². The Morgan fingerprint density at radius 3 is 2.73 bits per heavy atom. The first-order chi connectivity index (χ1) is 7.15. The van der Waals surface area contributed by atoms with E-state index in [-0.39, 0.29) is 5.91 Å². The molecule has 0 aliphatic rings. The number of benzene rings is 1. The Bertz CT molecular complexity index is 336. The second-order valence-corrected chi connectivity index (χ2v) is 3.70. The third-order valence-corrected chi connectivity index (χ3v) is 2.34. The quantitative estimate of drug-likeness (QED) is 0.792. The number of amides is 1. The largest absolute Gasteiger partial charge is 0.324 e. The molecule has 0 heterocycles. The molecule has 0 radical (unpaired) electrons. The molecule has 0 unspecified atom stereocenters. The lowest BCUT2D eigenvalue weighted by atomic mass is 10.1. The van der Waals surface area contributed by atoms with Crippen molar-refractivity contribution in [1.82, 2.24) is 0 Å². The van der Waals surface area contributed by atoms with E-state index in [0.29, 0.717) is 0 Å². The van der Waals surface area contributed by atoms with Gasteiger partial charge in [-0.3, -0.25) is 4.79 Å². The summed E-state index contributed by atoms with van der Waals surface area (Å²) in [4.78, 5) is 11.6. The van der Waals surface area contributed by atoms with Gasteiger partial charge < -0.3 is 11.1 Å². The van der Waals surface area contributed by atoms with Gasteiger partial charge in [0.15, 0.2) is 0 Å². The highest BCUT2D eigenvalue weighted by Crippen LogP contribution is 2.13. The highest BCUT2D eigenvalue weighted by Gasteiger charge is 2.12. The summed E-state index contributed by atoms with van der Waals surface area (Å²) in [5.74, 6) is -0.105. The molecule has 0 bridgehead atoms. The zero-order chi connectivity index (χ0) is 11.3. The summed E-state index contributed by atoms with van der Waals surface area (Å²) in [6, 6.07) is 7.27. The van der Waals surface area contributed by atoms with Crippen LogP contribution in [-0.4, -0.2) is 11.9 Å². The molecule has 1 aromatic carbocycles. The fourth-order valence-electron chi connectivity index (χ4n) is 1.38. The predicted molar refractivity (Wildman–Crippen MR) is 62.7 cm³/mol. The molecule has 3 N–H and O–H groups in total. The molecule has 0 saturated heterocycles. The summed E-state index contributed by atoms with van der Waals surface area (Å²) in [5.41, 5.74) is 7.61. The lowest BCUT2D eigenvalue weighted by Crippen LogP contribution is -2.35. The number of anilines is 1. The van der Waals surface area contributed by atoms with Crippen LogP contribution in [0.1, 0.15) is 25.3 Å². The number of carbonyl (C=O) groups is 1. The standard InChI is InChI=1S/C12H18N2O/c1-3-6-10(13)12(15)14-11-8-5-4-7-9(11)2/h4-5,7-8,10H,3,6,13H2,1-2H3,(H,14,15)/t10-/m0/s1. The van der Waals surface area contributed by atoms with Crippen LogP contribution in [0.2, 0.25) is 0 Å². The third kappa shape index (κ3) is 3.36. The molecule has 1 aromatic rings. The van der Waals surface area contributed by atoms with Crippen LogP contribution in [0.25, 0.3) is 0 Å². The Balaban J connectivity index is 2.62. The van der Waals surface area contributed by atoms with Crippen molar-refractivity contribution in [3.8, 4) is 0 Å². The van der Waals surface area contributed by atoms with E-state index in [0.717, 1.165) is 24.1 Å². The van der Waals surface area contributed by atoms with E-state index in [9.17, 15) is 4.79 Å². The van der Waals surface area contributed by atoms with Crippen molar-refractivity contribution in [2.45, 2.75) is 32.7 Å². The Labute approximate surface area is 90.7 Å². The second-order valence-electron chi connectivity index (χ2n) is 3.70. The number of para-hydroxylation sites is 1. The van der Waals surface area contributed by atoms with Gasteiger partial charge in [0, 0.05) is 5.69 Å². The van der Waals surface area contributed by atoms with Crippen LogP contribution >= 0.6 is 0 Å². The minimum Gasteiger partial charge on any atom is -0.324 e. The van der Waals surface area contributed by atoms with E-state index in [1.165, 1.54) is 0 Å². The predicted octanol–water partition coefficient (Wildman–Crippen LogP) is 2.06. The highest BCUT2D eigenvalue weighted by molar-refractivity contribution is 5.95.